The van der Waals surface area contributed by atoms with Crippen LogP contribution in [-0.2, 0) is 6.42 Å². The lowest BCUT2D eigenvalue weighted by atomic mass is 10.2. The van der Waals surface area contributed by atoms with Crippen LogP contribution in [-0.4, -0.2) is 26.1 Å². The summed E-state index contributed by atoms with van der Waals surface area (Å²) in [7, 11) is 0. The van der Waals surface area contributed by atoms with Crippen molar-refractivity contribution in [3.8, 4) is 0 Å². The zero-order valence-electron chi connectivity index (χ0n) is 8.63. The SMILES string of the molecule is NCCCCCc1nnc2cnccn12. The second-order valence-corrected chi connectivity index (χ2v) is 3.52. The van der Waals surface area contributed by atoms with E-state index in [9.17, 15) is 0 Å². The summed E-state index contributed by atoms with van der Waals surface area (Å²) in [6.45, 7) is 0.768. The molecule has 0 radical (unpaired) electrons. The highest BCUT2D eigenvalue weighted by molar-refractivity contribution is 5.33. The molecule has 0 fully saturated rings. The summed E-state index contributed by atoms with van der Waals surface area (Å²) in [6, 6.07) is 0. The van der Waals surface area contributed by atoms with Gasteiger partial charge in [-0.05, 0) is 19.4 Å². The Morgan fingerprint density at radius 1 is 1.20 bits per heavy atom. The molecule has 2 heterocycles. The van der Waals surface area contributed by atoms with Crippen LogP contribution in [0.3, 0.4) is 0 Å². The predicted molar refractivity (Wildman–Crippen MR) is 57.4 cm³/mol. The van der Waals surface area contributed by atoms with Gasteiger partial charge in [0.1, 0.15) is 5.82 Å². The summed E-state index contributed by atoms with van der Waals surface area (Å²) in [6.07, 6.45) is 9.66. The van der Waals surface area contributed by atoms with E-state index >= 15 is 0 Å². The van der Waals surface area contributed by atoms with Gasteiger partial charge >= 0.3 is 0 Å². The Balaban J connectivity index is 2.02. The van der Waals surface area contributed by atoms with Gasteiger partial charge in [-0.1, -0.05) is 6.42 Å². The summed E-state index contributed by atoms with van der Waals surface area (Å²) in [5, 5.41) is 8.18. The van der Waals surface area contributed by atoms with Crippen LogP contribution < -0.4 is 5.73 Å². The maximum absolute atomic E-state index is 5.44. The molecule has 0 atom stereocenters. The number of hydrogen-bond acceptors (Lipinski definition) is 4. The first-order valence-corrected chi connectivity index (χ1v) is 5.25. The Labute approximate surface area is 88.3 Å². The molecule has 80 valence electrons. The quantitative estimate of drug-likeness (QED) is 0.733. The van der Waals surface area contributed by atoms with Crippen LogP contribution >= 0.6 is 0 Å². The van der Waals surface area contributed by atoms with Gasteiger partial charge in [0.05, 0.1) is 6.20 Å². The number of nitrogens with two attached hydrogens (primary N) is 1. The van der Waals surface area contributed by atoms with Crippen LogP contribution in [0.15, 0.2) is 18.6 Å². The van der Waals surface area contributed by atoms with E-state index in [0.717, 1.165) is 43.7 Å². The molecular weight excluding hydrogens is 190 g/mol. The zero-order valence-corrected chi connectivity index (χ0v) is 8.63. The Bertz CT molecular complexity index is 422. The Morgan fingerprint density at radius 3 is 3.00 bits per heavy atom. The molecule has 2 aromatic rings. The van der Waals surface area contributed by atoms with Crippen molar-refractivity contribution < 1.29 is 0 Å². The lowest BCUT2D eigenvalue weighted by Crippen LogP contribution is -1.99. The molecule has 0 aliphatic heterocycles. The third-order valence-corrected chi connectivity index (χ3v) is 2.39. The molecule has 0 bridgehead atoms. The monoisotopic (exact) mass is 205 g/mol. The lowest BCUT2D eigenvalue weighted by molar-refractivity contribution is 0.665. The van der Waals surface area contributed by atoms with E-state index in [2.05, 4.69) is 15.2 Å². The van der Waals surface area contributed by atoms with Crippen LogP contribution in [0.5, 0.6) is 0 Å². The molecule has 0 saturated carbocycles. The normalized spacial score (nSPS) is 11.0. The van der Waals surface area contributed by atoms with E-state index in [4.69, 9.17) is 5.73 Å². The molecule has 5 nitrogen and oxygen atoms in total. The fourth-order valence-electron chi connectivity index (χ4n) is 1.58. The molecule has 0 aliphatic carbocycles. The molecule has 15 heavy (non-hydrogen) atoms. The standard InChI is InChI=1S/C10H15N5/c11-5-3-1-2-4-9-13-14-10-8-12-6-7-15(9)10/h6-8H,1-5,11H2. The smallest absolute Gasteiger partial charge is 0.179 e. The highest BCUT2D eigenvalue weighted by atomic mass is 15.2. The first kappa shape index (κ1) is 10.0. The maximum Gasteiger partial charge on any atom is 0.179 e. The first-order chi connectivity index (χ1) is 7.42. The molecule has 0 amide bonds. The van der Waals surface area contributed by atoms with Crippen LogP contribution in [0.1, 0.15) is 25.1 Å². The minimum absolute atomic E-state index is 0.768. The van der Waals surface area contributed by atoms with Crippen LogP contribution in [0.4, 0.5) is 0 Å². The van der Waals surface area contributed by atoms with Crippen LogP contribution in [0, 0.1) is 0 Å². The summed E-state index contributed by atoms with van der Waals surface area (Å²) < 4.78 is 1.98. The summed E-state index contributed by atoms with van der Waals surface area (Å²) >= 11 is 0. The van der Waals surface area contributed by atoms with Gasteiger partial charge in [-0.15, -0.1) is 10.2 Å². The average molecular weight is 205 g/mol. The van der Waals surface area contributed by atoms with Crippen molar-refractivity contribution in [3.05, 3.63) is 24.4 Å². The van der Waals surface area contributed by atoms with E-state index < -0.39 is 0 Å². The van der Waals surface area contributed by atoms with Gasteiger partial charge in [0.25, 0.3) is 0 Å². The predicted octanol–water partition coefficient (Wildman–Crippen LogP) is 0.796. The highest BCUT2D eigenvalue weighted by Gasteiger charge is 2.03. The fraction of sp³-hybridized carbons (Fsp3) is 0.500. The number of aryl methyl sites for hydroxylation is 1. The third kappa shape index (κ3) is 2.30. The molecular formula is C10H15N5. The summed E-state index contributed by atoms with van der Waals surface area (Å²) in [5.41, 5.74) is 6.25. The Kier molecular flexibility index (Phi) is 3.24. The zero-order chi connectivity index (χ0) is 10.5. The fourth-order valence-corrected chi connectivity index (χ4v) is 1.58. The maximum atomic E-state index is 5.44. The van der Waals surface area contributed by atoms with E-state index in [1.165, 1.54) is 0 Å². The molecule has 0 spiro atoms. The van der Waals surface area contributed by atoms with Crippen molar-refractivity contribution in [2.75, 3.05) is 6.54 Å². The second-order valence-electron chi connectivity index (χ2n) is 3.52. The molecule has 0 unspecified atom stereocenters. The lowest BCUT2D eigenvalue weighted by Gasteiger charge is -1.98. The van der Waals surface area contributed by atoms with Gasteiger partial charge in [0.15, 0.2) is 5.65 Å². The molecule has 2 aromatic heterocycles. The highest BCUT2D eigenvalue weighted by Crippen LogP contribution is 2.05. The number of unbranched alkanes of at least 4 members (excludes halogenated alkanes) is 2. The third-order valence-electron chi connectivity index (χ3n) is 2.39. The number of fused-ring (bicyclic) bond motifs is 1. The average Bonchev–Trinajstić information content (AvgIpc) is 2.68. The van der Waals surface area contributed by atoms with Crippen LogP contribution in [0.2, 0.25) is 0 Å². The molecule has 0 aromatic carbocycles. The number of hydrogen-bond donors (Lipinski definition) is 1. The molecule has 0 saturated heterocycles. The van der Waals surface area contributed by atoms with Crippen molar-refractivity contribution in [1.82, 2.24) is 19.6 Å². The van der Waals surface area contributed by atoms with Crippen LogP contribution in [0.25, 0.3) is 5.65 Å². The number of rotatable bonds is 5. The van der Waals surface area contributed by atoms with Crippen molar-refractivity contribution in [3.63, 3.8) is 0 Å². The topological polar surface area (TPSA) is 69.1 Å². The molecule has 2 rings (SSSR count). The van der Waals surface area contributed by atoms with Gasteiger partial charge in [0.2, 0.25) is 0 Å². The van der Waals surface area contributed by atoms with E-state index in [1.807, 2.05) is 10.6 Å². The van der Waals surface area contributed by atoms with E-state index in [0.29, 0.717) is 0 Å². The minimum Gasteiger partial charge on any atom is -0.330 e. The Morgan fingerprint density at radius 2 is 2.13 bits per heavy atom. The van der Waals surface area contributed by atoms with Gasteiger partial charge in [-0.25, -0.2) is 0 Å². The van der Waals surface area contributed by atoms with Crippen molar-refractivity contribution in [2.24, 2.45) is 5.73 Å². The number of nitrogens with zero attached hydrogens (tertiary/aromatic N) is 4. The van der Waals surface area contributed by atoms with Gasteiger partial charge < -0.3 is 5.73 Å². The molecule has 0 aliphatic rings. The Hall–Kier alpha value is -1.49. The minimum atomic E-state index is 0.768. The van der Waals surface area contributed by atoms with Crippen molar-refractivity contribution >= 4 is 5.65 Å². The number of aromatic nitrogens is 4. The van der Waals surface area contributed by atoms with E-state index in [-0.39, 0.29) is 0 Å². The second kappa shape index (κ2) is 4.84. The summed E-state index contributed by atoms with van der Waals surface area (Å²) in [4.78, 5) is 4.00. The molecule has 2 N–H and O–H groups in total. The largest absolute Gasteiger partial charge is 0.330 e. The van der Waals surface area contributed by atoms with Gasteiger partial charge in [-0.2, -0.15) is 0 Å². The summed E-state index contributed by atoms with van der Waals surface area (Å²) in [5.74, 6) is 1.00. The van der Waals surface area contributed by atoms with Gasteiger partial charge in [-0.3, -0.25) is 9.38 Å². The molecule has 5 heteroatoms. The van der Waals surface area contributed by atoms with Gasteiger partial charge in [0, 0.05) is 18.8 Å². The van der Waals surface area contributed by atoms with Crippen molar-refractivity contribution in [1.29, 1.82) is 0 Å². The first-order valence-electron chi connectivity index (χ1n) is 5.25. The van der Waals surface area contributed by atoms with E-state index in [1.54, 1.807) is 12.4 Å². The van der Waals surface area contributed by atoms with Crippen molar-refractivity contribution in [2.45, 2.75) is 25.7 Å².